The van der Waals surface area contributed by atoms with Crippen LogP contribution >= 0.6 is 11.6 Å². The lowest BCUT2D eigenvalue weighted by atomic mass is 10.2. The molecule has 0 aliphatic heterocycles. The van der Waals surface area contributed by atoms with Crippen LogP contribution in [0.5, 0.6) is 5.75 Å². The Hall–Kier alpha value is -0.950. The number of benzene rings is 1. The zero-order valence-corrected chi connectivity index (χ0v) is 8.47. The minimum Gasteiger partial charge on any atom is -0.488 e. The van der Waals surface area contributed by atoms with Gasteiger partial charge >= 0.3 is 0 Å². The molecule has 0 unspecified atom stereocenters. The fraction of sp³-hybridized carbons (Fsp3) is 0.273. The minimum absolute atomic E-state index is 0.368. The molecule has 0 spiro atoms. The van der Waals surface area contributed by atoms with Crippen LogP contribution < -0.4 is 4.74 Å². The van der Waals surface area contributed by atoms with Crippen molar-refractivity contribution < 1.29 is 4.74 Å². The van der Waals surface area contributed by atoms with Gasteiger partial charge in [0.2, 0.25) is 0 Å². The normalized spacial score (nSPS) is 9.69. The molecule has 0 heterocycles. The van der Waals surface area contributed by atoms with Gasteiger partial charge in [-0.25, -0.2) is 0 Å². The number of rotatable bonds is 4. The molecule has 1 aromatic carbocycles. The standard InChI is InChI=1S/C11H13ClO/c1-3-10-4-6-11(7-5-10)13-8-9(2)12/h4-7H,2-3,8H2,1H3. The van der Waals surface area contributed by atoms with Gasteiger partial charge in [-0.2, -0.15) is 0 Å². The van der Waals surface area contributed by atoms with Crippen molar-refractivity contribution in [2.45, 2.75) is 13.3 Å². The predicted octanol–water partition coefficient (Wildman–Crippen LogP) is 3.38. The van der Waals surface area contributed by atoms with E-state index < -0.39 is 0 Å². The maximum atomic E-state index is 5.57. The Bertz CT molecular complexity index is 277. The van der Waals surface area contributed by atoms with Crippen LogP contribution in [-0.2, 0) is 6.42 Å². The summed E-state index contributed by atoms with van der Waals surface area (Å²) >= 11 is 5.57. The molecule has 0 amide bonds. The lowest BCUT2D eigenvalue weighted by molar-refractivity contribution is 0.359. The van der Waals surface area contributed by atoms with Crippen LogP contribution in [0.4, 0.5) is 0 Å². The van der Waals surface area contributed by atoms with E-state index in [-0.39, 0.29) is 0 Å². The average Bonchev–Trinajstić information content (AvgIpc) is 2.15. The second kappa shape index (κ2) is 4.93. The predicted molar refractivity (Wildman–Crippen MR) is 56.3 cm³/mol. The SMILES string of the molecule is C=C(Cl)COc1ccc(CC)cc1. The minimum atomic E-state index is 0.368. The van der Waals surface area contributed by atoms with Gasteiger partial charge in [-0.3, -0.25) is 0 Å². The topological polar surface area (TPSA) is 9.23 Å². The van der Waals surface area contributed by atoms with Gasteiger partial charge in [0.1, 0.15) is 12.4 Å². The van der Waals surface area contributed by atoms with Gasteiger partial charge in [0.25, 0.3) is 0 Å². The zero-order chi connectivity index (χ0) is 9.68. The Morgan fingerprint density at radius 3 is 2.46 bits per heavy atom. The number of halogens is 1. The summed E-state index contributed by atoms with van der Waals surface area (Å²) in [5, 5.41) is 0.513. The quantitative estimate of drug-likeness (QED) is 0.718. The Kier molecular flexibility index (Phi) is 3.84. The van der Waals surface area contributed by atoms with Crippen LogP contribution in [0.2, 0.25) is 0 Å². The lowest BCUT2D eigenvalue weighted by Crippen LogP contribution is -1.95. The van der Waals surface area contributed by atoms with E-state index in [9.17, 15) is 0 Å². The number of aryl methyl sites for hydroxylation is 1. The van der Waals surface area contributed by atoms with Crippen LogP contribution in [0.15, 0.2) is 35.9 Å². The third kappa shape index (κ3) is 3.51. The van der Waals surface area contributed by atoms with Gasteiger partial charge in [0, 0.05) is 5.03 Å². The number of hydrogen-bond donors (Lipinski definition) is 0. The van der Waals surface area contributed by atoms with E-state index in [1.165, 1.54) is 5.56 Å². The average molecular weight is 197 g/mol. The molecule has 0 saturated carbocycles. The monoisotopic (exact) mass is 196 g/mol. The first-order chi connectivity index (χ1) is 6.22. The molecule has 0 saturated heterocycles. The van der Waals surface area contributed by atoms with Gasteiger partial charge in [-0.15, -0.1) is 0 Å². The summed E-state index contributed by atoms with van der Waals surface area (Å²) in [6.45, 7) is 6.03. The maximum absolute atomic E-state index is 5.57. The van der Waals surface area contributed by atoms with E-state index in [0.717, 1.165) is 12.2 Å². The molecular formula is C11H13ClO. The fourth-order valence-electron chi connectivity index (χ4n) is 0.983. The van der Waals surface area contributed by atoms with E-state index in [0.29, 0.717) is 11.6 Å². The summed E-state index contributed by atoms with van der Waals surface area (Å²) in [5.74, 6) is 0.832. The van der Waals surface area contributed by atoms with E-state index in [4.69, 9.17) is 16.3 Å². The number of ether oxygens (including phenoxy) is 1. The van der Waals surface area contributed by atoms with Crippen molar-refractivity contribution in [3.8, 4) is 5.75 Å². The Balaban J connectivity index is 2.54. The molecule has 0 aromatic heterocycles. The molecule has 0 fully saturated rings. The van der Waals surface area contributed by atoms with E-state index in [1.54, 1.807) is 0 Å². The van der Waals surface area contributed by atoms with Gasteiger partial charge in [0.15, 0.2) is 0 Å². The molecule has 0 N–H and O–H groups in total. The van der Waals surface area contributed by atoms with Crippen molar-refractivity contribution in [1.82, 2.24) is 0 Å². The Morgan fingerprint density at radius 2 is 2.00 bits per heavy atom. The molecule has 2 heteroatoms. The van der Waals surface area contributed by atoms with E-state index >= 15 is 0 Å². The highest BCUT2D eigenvalue weighted by Crippen LogP contribution is 2.13. The molecule has 0 radical (unpaired) electrons. The van der Waals surface area contributed by atoms with Crippen molar-refractivity contribution >= 4 is 11.6 Å². The Labute approximate surface area is 84.0 Å². The third-order valence-electron chi connectivity index (χ3n) is 1.73. The molecule has 1 aromatic rings. The summed E-state index contributed by atoms with van der Waals surface area (Å²) in [5.41, 5.74) is 1.30. The van der Waals surface area contributed by atoms with E-state index in [1.807, 2.05) is 24.3 Å². The van der Waals surface area contributed by atoms with Crippen molar-refractivity contribution in [3.05, 3.63) is 41.4 Å². The summed E-state index contributed by atoms with van der Waals surface area (Å²) < 4.78 is 5.34. The van der Waals surface area contributed by atoms with Gasteiger partial charge < -0.3 is 4.74 Å². The summed E-state index contributed by atoms with van der Waals surface area (Å²) in [4.78, 5) is 0. The van der Waals surface area contributed by atoms with Crippen molar-refractivity contribution in [3.63, 3.8) is 0 Å². The molecule has 0 aliphatic carbocycles. The molecule has 0 aliphatic rings. The van der Waals surface area contributed by atoms with Gasteiger partial charge in [-0.05, 0) is 24.1 Å². The highest BCUT2D eigenvalue weighted by Gasteiger charge is 1.94. The van der Waals surface area contributed by atoms with Crippen LogP contribution in [0.25, 0.3) is 0 Å². The second-order valence-electron chi connectivity index (χ2n) is 2.80. The molecule has 1 rings (SSSR count). The van der Waals surface area contributed by atoms with Crippen molar-refractivity contribution in [1.29, 1.82) is 0 Å². The molecule has 1 nitrogen and oxygen atoms in total. The molecule has 13 heavy (non-hydrogen) atoms. The highest BCUT2D eigenvalue weighted by atomic mass is 35.5. The summed E-state index contributed by atoms with van der Waals surface area (Å²) in [6, 6.07) is 7.98. The summed E-state index contributed by atoms with van der Waals surface area (Å²) in [6.07, 6.45) is 1.04. The number of hydrogen-bond acceptors (Lipinski definition) is 1. The van der Waals surface area contributed by atoms with Crippen molar-refractivity contribution in [2.75, 3.05) is 6.61 Å². The van der Waals surface area contributed by atoms with Crippen LogP contribution in [0, 0.1) is 0 Å². The smallest absolute Gasteiger partial charge is 0.123 e. The molecule has 70 valence electrons. The maximum Gasteiger partial charge on any atom is 0.123 e. The van der Waals surface area contributed by atoms with Gasteiger partial charge in [0.05, 0.1) is 0 Å². The zero-order valence-electron chi connectivity index (χ0n) is 7.72. The first-order valence-corrected chi connectivity index (χ1v) is 4.65. The van der Waals surface area contributed by atoms with Crippen molar-refractivity contribution in [2.24, 2.45) is 0 Å². The molecule has 0 atom stereocenters. The summed E-state index contributed by atoms with van der Waals surface area (Å²) in [7, 11) is 0. The molecular weight excluding hydrogens is 184 g/mol. The lowest BCUT2D eigenvalue weighted by Gasteiger charge is -2.04. The third-order valence-corrected chi connectivity index (χ3v) is 1.84. The highest BCUT2D eigenvalue weighted by molar-refractivity contribution is 6.29. The molecule has 0 bridgehead atoms. The first-order valence-electron chi connectivity index (χ1n) is 4.27. The van der Waals surface area contributed by atoms with Crippen LogP contribution in [-0.4, -0.2) is 6.61 Å². The van der Waals surface area contributed by atoms with E-state index in [2.05, 4.69) is 13.5 Å². The van der Waals surface area contributed by atoms with Crippen LogP contribution in [0.1, 0.15) is 12.5 Å². The second-order valence-corrected chi connectivity index (χ2v) is 3.34. The largest absolute Gasteiger partial charge is 0.488 e. The van der Waals surface area contributed by atoms with Crippen LogP contribution in [0.3, 0.4) is 0 Å². The first kappa shape index (κ1) is 10.1. The Morgan fingerprint density at radius 1 is 1.38 bits per heavy atom. The fourth-order valence-corrected chi connectivity index (χ4v) is 1.04. The van der Waals surface area contributed by atoms with Gasteiger partial charge in [-0.1, -0.05) is 37.2 Å².